The van der Waals surface area contributed by atoms with E-state index in [0.29, 0.717) is 23.3 Å². The van der Waals surface area contributed by atoms with Gasteiger partial charge in [0.15, 0.2) is 0 Å². The van der Waals surface area contributed by atoms with Gasteiger partial charge in [0.2, 0.25) is 5.89 Å². The van der Waals surface area contributed by atoms with Gasteiger partial charge in [-0.2, -0.15) is 0 Å². The van der Waals surface area contributed by atoms with Crippen LogP contribution in [0.25, 0.3) is 21.7 Å². The van der Waals surface area contributed by atoms with E-state index in [1.807, 2.05) is 54.6 Å². The van der Waals surface area contributed by atoms with Crippen molar-refractivity contribution < 1.29 is 13.6 Å². The Kier molecular flexibility index (Phi) is 5.66. The van der Waals surface area contributed by atoms with Gasteiger partial charge in [0.25, 0.3) is 5.91 Å². The van der Waals surface area contributed by atoms with Gasteiger partial charge in [-0.25, -0.2) is 4.79 Å². The molecule has 5 rings (SSSR count). The quantitative estimate of drug-likeness (QED) is 0.210. The van der Waals surface area contributed by atoms with Crippen LogP contribution in [-0.4, -0.2) is 21.9 Å². The lowest BCUT2D eigenvalue weighted by Gasteiger charge is -2.05. The summed E-state index contributed by atoms with van der Waals surface area (Å²) < 4.78 is 10.9. The molecule has 1 N–H and O–H groups in total. The van der Waals surface area contributed by atoms with Crippen LogP contribution in [0, 0.1) is 0 Å². The Morgan fingerprint density at radius 1 is 0.970 bits per heavy atom. The third-order valence-corrected chi connectivity index (χ3v) is 6.06. The van der Waals surface area contributed by atoms with Gasteiger partial charge in [0, 0.05) is 10.3 Å². The van der Waals surface area contributed by atoms with Crippen molar-refractivity contribution in [3.05, 3.63) is 94.2 Å². The summed E-state index contributed by atoms with van der Waals surface area (Å²) in [5.41, 5.74) is 0.556. The van der Waals surface area contributed by atoms with Crippen LogP contribution in [-0.2, 0) is 6.42 Å². The third-order valence-electron chi connectivity index (χ3n) is 5.16. The molecule has 0 atom stereocenters. The fourth-order valence-electron chi connectivity index (χ4n) is 3.61. The van der Waals surface area contributed by atoms with E-state index in [9.17, 15) is 9.59 Å². The van der Waals surface area contributed by atoms with Crippen LogP contribution < -0.4 is 10.9 Å². The minimum absolute atomic E-state index is 0.0782. The molecule has 0 fully saturated rings. The molecule has 0 radical (unpaired) electrons. The van der Waals surface area contributed by atoms with Gasteiger partial charge in [-0.15, -0.1) is 16.9 Å². The second-order valence-electron chi connectivity index (χ2n) is 7.35. The van der Waals surface area contributed by atoms with Crippen LogP contribution in [0.3, 0.4) is 0 Å². The molecule has 5 aromatic rings. The summed E-state index contributed by atoms with van der Waals surface area (Å²) in [4.78, 5) is 26.4. The van der Waals surface area contributed by atoms with E-state index in [4.69, 9.17) is 8.83 Å². The molecule has 0 saturated carbocycles. The molecule has 33 heavy (non-hydrogen) atoms. The first-order valence-corrected chi connectivity index (χ1v) is 11.4. The van der Waals surface area contributed by atoms with Gasteiger partial charge >= 0.3 is 11.6 Å². The monoisotopic (exact) mass is 457 g/mol. The Morgan fingerprint density at radius 3 is 2.61 bits per heavy atom. The maximum Gasteiger partial charge on any atom is 0.349 e. The standard InChI is InChI=1S/C25H19N3O4S/c1-2-33-17-10-7-15(8-11-17)13-22-27-28-25(32-22)26-23(29)20-14-19-18-6-4-3-5-16(18)9-12-21(19)31-24(20)30/h3-12,14H,2,13H2,1H3,(H,26,28,29). The number of hydrogen-bond donors (Lipinski definition) is 1. The van der Waals surface area contributed by atoms with E-state index in [2.05, 4.69) is 22.4 Å². The fourth-order valence-corrected chi connectivity index (χ4v) is 4.28. The van der Waals surface area contributed by atoms with Gasteiger partial charge in [-0.3, -0.25) is 10.1 Å². The smallest absolute Gasteiger partial charge is 0.349 e. The highest BCUT2D eigenvalue weighted by molar-refractivity contribution is 7.99. The van der Waals surface area contributed by atoms with Crippen molar-refractivity contribution in [2.45, 2.75) is 18.2 Å². The van der Waals surface area contributed by atoms with E-state index >= 15 is 0 Å². The Labute approximate surface area is 192 Å². The summed E-state index contributed by atoms with van der Waals surface area (Å²) in [5, 5.41) is 12.9. The van der Waals surface area contributed by atoms with Crippen LogP contribution in [0.15, 0.2) is 85.3 Å². The maximum absolute atomic E-state index is 12.8. The van der Waals surface area contributed by atoms with Gasteiger partial charge in [-0.05, 0) is 46.4 Å². The average molecular weight is 458 g/mol. The van der Waals surface area contributed by atoms with Crippen molar-refractivity contribution in [1.82, 2.24) is 10.2 Å². The lowest BCUT2D eigenvalue weighted by molar-refractivity contribution is 0.102. The Bertz CT molecular complexity index is 1520. The van der Waals surface area contributed by atoms with Gasteiger partial charge in [0.05, 0.1) is 6.42 Å². The molecule has 0 aliphatic heterocycles. The van der Waals surface area contributed by atoms with Crippen LogP contribution in [0.2, 0.25) is 0 Å². The Balaban J connectivity index is 1.36. The van der Waals surface area contributed by atoms with E-state index in [0.717, 1.165) is 22.1 Å². The molecule has 3 aromatic carbocycles. The summed E-state index contributed by atoms with van der Waals surface area (Å²) >= 11 is 1.77. The number of aromatic nitrogens is 2. The summed E-state index contributed by atoms with van der Waals surface area (Å²) in [6, 6.07) is 20.8. The predicted octanol–water partition coefficient (Wildman–Crippen LogP) is 5.28. The van der Waals surface area contributed by atoms with Crippen molar-refractivity contribution in [2.24, 2.45) is 0 Å². The molecule has 0 spiro atoms. The minimum Gasteiger partial charge on any atom is -0.422 e. The first-order chi connectivity index (χ1) is 16.1. The van der Waals surface area contributed by atoms with Crippen molar-refractivity contribution in [2.75, 3.05) is 11.1 Å². The van der Waals surface area contributed by atoms with Crippen molar-refractivity contribution >= 4 is 45.4 Å². The predicted molar refractivity (Wildman–Crippen MR) is 128 cm³/mol. The molecular formula is C25H19N3O4S. The fraction of sp³-hybridized carbons (Fsp3) is 0.120. The van der Waals surface area contributed by atoms with Gasteiger partial charge < -0.3 is 8.83 Å². The lowest BCUT2D eigenvalue weighted by atomic mass is 10.0. The van der Waals surface area contributed by atoms with E-state index in [1.165, 1.54) is 11.0 Å². The molecular weight excluding hydrogens is 438 g/mol. The molecule has 0 bridgehead atoms. The number of nitrogens with one attached hydrogen (secondary N) is 1. The van der Waals surface area contributed by atoms with Crippen LogP contribution >= 0.6 is 11.8 Å². The van der Waals surface area contributed by atoms with Crippen molar-refractivity contribution in [1.29, 1.82) is 0 Å². The van der Waals surface area contributed by atoms with E-state index in [1.54, 1.807) is 17.8 Å². The minimum atomic E-state index is -0.736. The van der Waals surface area contributed by atoms with Crippen LogP contribution in [0.5, 0.6) is 0 Å². The van der Waals surface area contributed by atoms with Gasteiger partial charge in [0.1, 0.15) is 11.1 Å². The zero-order valence-electron chi connectivity index (χ0n) is 17.7. The van der Waals surface area contributed by atoms with Crippen LogP contribution in [0.4, 0.5) is 6.01 Å². The van der Waals surface area contributed by atoms with E-state index in [-0.39, 0.29) is 11.6 Å². The third kappa shape index (κ3) is 4.38. The number of anilines is 1. The molecule has 1 amide bonds. The molecule has 7 nitrogen and oxygen atoms in total. The highest BCUT2D eigenvalue weighted by atomic mass is 32.2. The average Bonchev–Trinajstić information content (AvgIpc) is 3.26. The Hall–Kier alpha value is -3.91. The number of carbonyl (C=O) groups excluding carboxylic acids is 1. The number of hydrogen-bond acceptors (Lipinski definition) is 7. The normalized spacial score (nSPS) is 11.2. The molecule has 2 heterocycles. The molecule has 0 aliphatic rings. The topological polar surface area (TPSA) is 98.2 Å². The number of nitrogens with zero attached hydrogens (tertiary/aromatic N) is 2. The maximum atomic E-state index is 12.8. The first kappa shape index (κ1) is 21.0. The summed E-state index contributed by atoms with van der Waals surface area (Å²) in [6.45, 7) is 2.11. The van der Waals surface area contributed by atoms with Crippen molar-refractivity contribution in [3.8, 4) is 0 Å². The zero-order chi connectivity index (χ0) is 22.8. The number of benzene rings is 3. The molecule has 8 heteroatoms. The molecule has 0 saturated heterocycles. The van der Waals surface area contributed by atoms with Crippen LogP contribution in [0.1, 0.15) is 28.7 Å². The highest BCUT2D eigenvalue weighted by Gasteiger charge is 2.18. The van der Waals surface area contributed by atoms with Crippen molar-refractivity contribution in [3.63, 3.8) is 0 Å². The SMILES string of the molecule is CCSc1ccc(Cc2nnc(NC(=O)c3cc4c(ccc5ccccc54)oc3=O)o2)cc1. The van der Waals surface area contributed by atoms with Gasteiger partial charge in [-0.1, -0.05) is 54.5 Å². The largest absolute Gasteiger partial charge is 0.422 e. The summed E-state index contributed by atoms with van der Waals surface area (Å²) in [7, 11) is 0. The molecule has 0 unspecified atom stereocenters. The molecule has 0 aliphatic carbocycles. The van der Waals surface area contributed by atoms with E-state index < -0.39 is 11.5 Å². The highest BCUT2D eigenvalue weighted by Crippen LogP contribution is 2.25. The summed E-state index contributed by atoms with van der Waals surface area (Å²) in [6.07, 6.45) is 0.435. The lowest BCUT2D eigenvalue weighted by Crippen LogP contribution is -2.20. The number of amides is 1. The number of carbonyl (C=O) groups is 1. The first-order valence-electron chi connectivity index (χ1n) is 10.4. The second kappa shape index (κ2) is 8.91. The summed E-state index contributed by atoms with van der Waals surface area (Å²) in [5.74, 6) is 0.699. The Morgan fingerprint density at radius 2 is 1.79 bits per heavy atom. The zero-order valence-corrected chi connectivity index (χ0v) is 18.5. The second-order valence-corrected chi connectivity index (χ2v) is 8.69. The molecule has 164 valence electrons. The number of rotatable bonds is 6. The molecule has 2 aromatic heterocycles. The number of thioether (sulfide) groups is 1. The number of fused-ring (bicyclic) bond motifs is 3.